The Morgan fingerprint density at radius 3 is 2.38 bits per heavy atom. The highest BCUT2D eigenvalue weighted by Crippen LogP contribution is 2.28. The zero-order valence-corrected chi connectivity index (χ0v) is 14.1. The van der Waals surface area contributed by atoms with Crippen LogP contribution in [-0.2, 0) is 23.5 Å². The van der Waals surface area contributed by atoms with E-state index in [-0.39, 0.29) is 18.3 Å². The SMILES string of the molecule is CCO[P+]([O-])=C(CCC1(C)OC=CO1)C(=O)OC(C)(C)C. The number of esters is 1. The van der Waals surface area contributed by atoms with E-state index >= 15 is 0 Å². The van der Waals surface area contributed by atoms with Crippen LogP contribution < -0.4 is 4.89 Å². The fourth-order valence-electron chi connectivity index (χ4n) is 1.63. The molecule has 1 unspecified atom stereocenters. The minimum absolute atomic E-state index is 0.113. The highest BCUT2D eigenvalue weighted by Gasteiger charge is 2.34. The van der Waals surface area contributed by atoms with Gasteiger partial charge in [0.25, 0.3) is 0 Å². The van der Waals surface area contributed by atoms with Crippen molar-refractivity contribution < 1.29 is 28.4 Å². The third-order valence-electron chi connectivity index (χ3n) is 2.61. The smallest absolute Gasteiger partial charge is 0.380 e. The van der Waals surface area contributed by atoms with E-state index in [1.807, 2.05) is 0 Å². The highest BCUT2D eigenvalue weighted by molar-refractivity contribution is 7.49. The van der Waals surface area contributed by atoms with Gasteiger partial charge in [-0.15, -0.1) is 0 Å². The third-order valence-corrected chi connectivity index (χ3v) is 3.95. The molecule has 120 valence electrons. The number of hydrogen-bond acceptors (Lipinski definition) is 6. The van der Waals surface area contributed by atoms with E-state index < -0.39 is 25.4 Å². The Kier molecular flexibility index (Phi) is 6.20. The Hall–Kier alpha value is -1.10. The van der Waals surface area contributed by atoms with Crippen LogP contribution in [0.5, 0.6) is 0 Å². The fourth-order valence-corrected chi connectivity index (χ4v) is 2.51. The summed E-state index contributed by atoms with van der Waals surface area (Å²) >= 11 is 0. The molecule has 0 aromatic heterocycles. The predicted molar refractivity (Wildman–Crippen MR) is 78.3 cm³/mol. The Balaban J connectivity index is 2.78. The van der Waals surface area contributed by atoms with Crippen molar-refractivity contribution in [2.75, 3.05) is 6.61 Å². The van der Waals surface area contributed by atoms with E-state index in [9.17, 15) is 9.69 Å². The summed E-state index contributed by atoms with van der Waals surface area (Å²) in [7, 11) is -2.22. The van der Waals surface area contributed by atoms with E-state index in [2.05, 4.69) is 0 Å². The van der Waals surface area contributed by atoms with Crippen molar-refractivity contribution in [1.29, 1.82) is 0 Å². The first kappa shape index (κ1) is 18.0. The van der Waals surface area contributed by atoms with Crippen LogP contribution in [0.1, 0.15) is 47.5 Å². The fraction of sp³-hybridized carbons (Fsp3) is 0.714. The molecule has 0 N–H and O–H groups in total. The van der Waals surface area contributed by atoms with Gasteiger partial charge in [0.2, 0.25) is 19.1 Å². The molecule has 0 aliphatic carbocycles. The van der Waals surface area contributed by atoms with Gasteiger partial charge < -0.3 is 19.1 Å². The molecule has 1 heterocycles. The maximum atomic E-state index is 12.2. The molecule has 0 saturated heterocycles. The average Bonchev–Trinajstić information content (AvgIpc) is 2.74. The molecule has 0 saturated carbocycles. The number of carbonyl (C=O) groups is 1. The van der Waals surface area contributed by atoms with Crippen LogP contribution in [0.2, 0.25) is 0 Å². The zero-order valence-electron chi connectivity index (χ0n) is 13.2. The maximum Gasteiger partial charge on any atom is 0.380 e. The molecule has 21 heavy (non-hydrogen) atoms. The molecule has 1 atom stereocenters. The molecule has 6 nitrogen and oxygen atoms in total. The van der Waals surface area contributed by atoms with Crippen LogP contribution in [0, 0.1) is 0 Å². The van der Waals surface area contributed by atoms with E-state index in [4.69, 9.17) is 18.7 Å². The first-order valence-electron chi connectivity index (χ1n) is 6.87. The minimum atomic E-state index is -2.22. The van der Waals surface area contributed by atoms with Gasteiger partial charge in [0, 0.05) is 19.8 Å². The van der Waals surface area contributed by atoms with Crippen LogP contribution in [0.3, 0.4) is 0 Å². The summed E-state index contributed by atoms with van der Waals surface area (Å²) in [6.45, 7) is 8.98. The maximum absolute atomic E-state index is 12.2. The lowest BCUT2D eigenvalue weighted by Gasteiger charge is -2.23. The molecule has 0 spiro atoms. The summed E-state index contributed by atoms with van der Waals surface area (Å²) in [5, 5.41) is 0.113. The van der Waals surface area contributed by atoms with Crippen molar-refractivity contribution in [3.8, 4) is 0 Å². The number of rotatable bonds is 6. The molecule has 0 radical (unpaired) electrons. The summed E-state index contributed by atoms with van der Waals surface area (Å²) in [6.07, 6.45) is 3.45. The Morgan fingerprint density at radius 2 is 1.90 bits per heavy atom. The molecule has 0 amide bonds. The van der Waals surface area contributed by atoms with Gasteiger partial charge in [-0.05, 0) is 27.7 Å². The molecule has 7 heteroatoms. The Bertz CT molecular complexity index is 427. The van der Waals surface area contributed by atoms with Gasteiger partial charge in [0.1, 0.15) is 18.1 Å². The van der Waals surface area contributed by atoms with Crippen molar-refractivity contribution in [3.05, 3.63) is 12.5 Å². The Labute approximate surface area is 126 Å². The second-order valence-corrected chi connectivity index (χ2v) is 7.08. The molecule has 1 aliphatic heterocycles. The monoisotopic (exact) mass is 318 g/mol. The topological polar surface area (TPSA) is 77.0 Å². The van der Waals surface area contributed by atoms with E-state index in [1.54, 1.807) is 34.6 Å². The minimum Gasteiger partial charge on any atom is -0.603 e. The van der Waals surface area contributed by atoms with Crippen LogP contribution in [0.4, 0.5) is 0 Å². The van der Waals surface area contributed by atoms with E-state index in [1.165, 1.54) is 12.5 Å². The molecule has 0 bridgehead atoms. The van der Waals surface area contributed by atoms with Crippen LogP contribution in [0.15, 0.2) is 12.5 Å². The summed E-state index contributed by atoms with van der Waals surface area (Å²) in [6, 6.07) is 0. The van der Waals surface area contributed by atoms with Gasteiger partial charge in [-0.25, -0.2) is 4.79 Å². The standard InChI is InChI=1S/C14H23O6P/c1-6-19-21(16)11(12(15)20-13(2,3)4)7-8-14(5)17-9-10-18-14/h9-10H,6-8H2,1-5H3. The molecule has 0 aromatic carbocycles. The van der Waals surface area contributed by atoms with Crippen LogP contribution in [0.25, 0.3) is 0 Å². The molecular weight excluding hydrogens is 295 g/mol. The summed E-state index contributed by atoms with van der Waals surface area (Å²) in [5.41, 5.74) is -0.656. The first-order chi connectivity index (χ1) is 9.67. The zero-order chi connectivity index (χ0) is 16.1. The van der Waals surface area contributed by atoms with Crippen molar-refractivity contribution in [2.24, 2.45) is 0 Å². The van der Waals surface area contributed by atoms with Crippen molar-refractivity contribution in [2.45, 2.75) is 58.8 Å². The van der Waals surface area contributed by atoms with Gasteiger partial charge in [-0.2, -0.15) is 4.52 Å². The average molecular weight is 318 g/mol. The molecular formula is C14H23O6P. The van der Waals surface area contributed by atoms with E-state index in [0.29, 0.717) is 6.42 Å². The number of carbonyl (C=O) groups excluding carboxylic acids is 1. The van der Waals surface area contributed by atoms with Gasteiger partial charge in [-0.3, -0.25) is 0 Å². The molecule has 1 rings (SSSR count). The summed E-state index contributed by atoms with van der Waals surface area (Å²) in [4.78, 5) is 24.2. The molecule has 0 fully saturated rings. The molecule has 1 aliphatic rings. The van der Waals surface area contributed by atoms with Crippen LogP contribution in [-0.4, -0.2) is 29.3 Å². The number of hydrogen-bond donors (Lipinski definition) is 0. The lowest BCUT2D eigenvalue weighted by atomic mass is 10.1. The lowest BCUT2D eigenvalue weighted by molar-refractivity contribution is -0.172. The normalized spacial score (nSPS) is 17.8. The highest BCUT2D eigenvalue weighted by atomic mass is 31.1. The van der Waals surface area contributed by atoms with E-state index in [0.717, 1.165) is 0 Å². The van der Waals surface area contributed by atoms with Gasteiger partial charge >= 0.3 is 5.97 Å². The van der Waals surface area contributed by atoms with Gasteiger partial charge in [-0.1, -0.05) is 0 Å². The largest absolute Gasteiger partial charge is 0.603 e. The second kappa shape index (κ2) is 7.25. The van der Waals surface area contributed by atoms with Crippen molar-refractivity contribution in [3.63, 3.8) is 0 Å². The van der Waals surface area contributed by atoms with Gasteiger partial charge in [0.05, 0.1) is 6.61 Å². The number of ether oxygens (including phenoxy) is 3. The first-order valence-corrected chi connectivity index (χ1v) is 8.04. The summed E-state index contributed by atoms with van der Waals surface area (Å²) < 4.78 is 21.0. The Morgan fingerprint density at radius 1 is 1.33 bits per heavy atom. The second-order valence-electron chi connectivity index (χ2n) is 5.77. The quantitative estimate of drug-likeness (QED) is 0.552. The van der Waals surface area contributed by atoms with Crippen molar-refractivity contribution in [1.82, 2.24) is 0 Å². The lowest BCUT2D eigenvalue weighted by Crippen LogP contribution is -2.32. The summed E-state index contributed by atoms with van der Waals surface area (Å²) in [5.74, 6) is -1.46. The predicted octanol–water partition coefficient (Wildman–Crippen LogP) is 2.22. The molecule has 0 aromatic rings. The van der Waals surface area contributed by atoms with Crippen molar-refractivity contribution >= 4 is 19.3 Å². The third kappa shape index (κ3) is 6.04. The van der Waals surface area contributed by atoms with Crippen LogP contribution >= 0.6 is 8.00 Å². The van der Waals surface area contributed by atoms with Gasteiger partial charge in [0.15, 0.2) is 0 Å².